The molecule has 0 fully saturated rings. The van der Waals surface area contributed by atoms with E-state index in [1.54, 1.807) is 0 Å². The zero-order valence-corrected chi connectivity index (χ0v) is 13.0. The second-order valence-corrected chi connectivity index (χ2v) is 5.24. The number of aryl methyl sites for hydroxylation is 1. The van der Waals surface area contributed by atoms with E-state index in [9.17, 15) is 23.3 Å². The van der Waals surface area contributed by atoms with Crippen LogP contribution in [0.2, 0.25) is 5.02 Å². The lowest BCUT2D eigenvalue weighted by Gasteiger charge is -2.04. The highest BCUT2D eigenvalue weighted by Gasteiger charge is 2.25. The van der Waals surface area contributed by atoms with Crippen molar-refractivity contribution in [2.75, 3.05) is 0 Å². The summed E-state index contributed by atoms with van der Waals surface area (Å²) in [5.41, 5.74) is -0.970. The van der Waals surface area contributed by atoms with Crippen LogP contribution in [-0.2, 0) is 7.05 Å². The largest absolute Gasteiger partial charge is 0.416 e. The second-order valence-electron chi connectivity index (χ2n) is 4.01. The Labute approximate surface area is 134 Å². The predicted molar refractivity (Wildman–Crippen MR) is 74.6 cm³/mol. The predicted octanol–water partition coefficient (Wildman–Crippen LogP) is 4.15. The Morgan fingerprint density at radius 1 is 1.50 bits per heavy atom. The van der Waals surface area contributed by atoms with E-state index in [1.807, 2.05) is 0 Å². The highest BCUT2D eigenvalue weighted by Crippen LogP contribution is 2.39. The molecule has 0 saturated carbocycles. The third-order valence-corrected chi connectivity index (χ3v) is 3.60. The summed E-state index contributed by atoms with van der Waals surface area (Å²) in [4.78, 5) is 10.2. The van der Waals surface area contributed by atoms with E-state index in [-0.39, 0.29) is 20.8 Å². The van der Waals surface area contributed by atoms with Crippen LogP contribution < -0.4 is 4.74 Å². The highest BCUT2D eigenvalue weighted by atomic mass is 79.9. The summed E-state index contributed by atoms with van der Waals surface area (Å²) in [6.07, 6.45) is 0. The Kier molecular flexibility index (Phi) is 4.61. The lowest BCUT2D eigenvalue weighted by Crippen LogP contribution is -2.06. The zero-order valence-electron chi connectivity index (χ0n) is 10.7. The van der Waals surface area contributed by atoms with Gasteiger partial charge in [0.15, 0.2) is 0 Å². The van der Waals surface area contributed by atoms with E-state index < -0.39 is 28.9 Å². The van der Waals surface area contributed by atoms with E-state index in [0.717, 1.165) is 16.8 Å². The van der Waals surface area contributed by atoms with Gasteiger partial charge in [-0.3, -0.25) is 10.1 Å². The van der Waals surface area contributed by atoms with Crippen LogP contribution in [0, 0.1) is 15.9 Å². The van der Waals surface area contributed by atoms with Crippen LogP contribution in [0.3, 0.4) is 0 Å². The third kappa shape index (κ3) is 3.02. The summed E-state index contributed by atoms with van der Waals surface area (Å²) in [6, 6.07) is 1.77. The maximum absolute atomic E-state index is 14.0. The molecule has 0 spiro atoms. The van der Waals surface area contributed by atoms with E-state index in [2.05, 4.69) is 25.8 Å². The first-order valence-electron chi connectivity index (χ1n) is 5.53. The maximum atomic E-state index is 14.0. The fourth-order valence-electron chi connectivity index (χ4n) is 1.73. The Balaban J connectivity index is 2.62. The van der Waals surface area contributed by atoms with Crippen molar-refractivity contribution in [3.8, 4) is 17.1 Å². The lowest BCUT2D eigenvalue weighted by molar-refractivity contribution is -0.385. The zero-order chi connectivity index (χ0) is 16.6. The first-order valence-corrected chi connectivity index (χ1v) is 6.70. The first kappa shape index (κ1) is 16.6. The van der Waals surface area contributed by atoms with Crippen LogP contribution in [0.5, 0.6) is 5.88 Å². The molecule has 0 saturated heterocycles. The molecule has 0 unspecified atom stereocenters. The third-order valence-electron chi connectivity index (χ3n) is 2.63. The van der Waals surface area contributed by atoms with E-state index in [1.165, 1.54) is 7.05 Å². The van der Waals surface area contributed by atoms with Gasteiger partial charge in [0.25, 0.3) is 5.69 Å². The summed E-state index contributed by atoms with van der Waals surface area (Å²) >= 11 is 8.72. The molecule has 1 heterocycles. The minimum Gasteiger partial charge on any atom is -0.416 e. The molecule has 0 aliphatic rings. The molecular formula is C11H6BrClF3N3O3. The van der Waals surface area contributed by atoms with Gasteiger partial charge in [-0.25, -0.2) is 9.07 Å². The van der Waals surface area contributed by atoms with Crippen molar-refractivity contribution in [1.29, 1.82) is 0 Å². The molecule has 0 radical (unpaired) electrons. The number of hydrogen-bond acceptors (Lipinski definition) is 4. The van der Waals surface area contributed by atoms with Crippen LogP contribution in [0.4, 0.5) is 18.9 Å². The summed E-state index contributed by atoms with van der Waals surface area (Å²) in [7, 11) is 1.26. The van der Waals surface area contributed by atoms with Crippen LogP contribution in [-0.4, -0.2) is 21.3 Å². The number of hydrogen-bond donors (Lipinski definition) is 0. The number of ether oxygens (including phenoxy) is 1. The molecule has 2 rings (SSSR count). The van der Waals surface area contributed by atoms with Crippen molar-refractivity contribution in [3.05, 3.63) is 37.6 Å². The van der Waals surface area contributed by atoms with E-state index in [0.29, 0.717) is 0 Å². The number of benzene rings is 1. The molecule has 22 heavy (non-hydrogen) atoms. The van der Waals surface area contributed by atoms with Gasteiger partial charge in [0, 0.05) is 18.7 Å². The molecule has 0 aliphatic carbocycles. The molecule has 118 valence electrons. The average Bonchev–Trinajstić information content (AvgIpc) is 2.66. The molecule has 2 aromatic rings. The van der Waals surface area contributed by atoms with Gasteiger partial charge >= 0.3 is 6.61 Å². The molecule has 0 aliphatic heterocycles. The Hall–Kier alpha value is -1.81. The summed E-state index contributed by atoms with van der Waals surface area (Å²) in [5, 5.41) is 14.3. The van der Waals surface area contributed by atoms with Crippen molar-refractivity contribution in [1.82, 2.24) is 9.78 Å². The van der Waals surface area contributed by atoms with Crippen molar-refractivity contribution >= 4 is 33.2 Å². The highest BCUT2D eigenvalue weighted by molar-refractivity contribution is 9.10. The van der Waals surface area contributed by atoms with Gasteiger partial charge in [0.2, 0.25) is 5.88 Å². The SMILES string of the molecule is Cn1nc(-c2cc([N+](=O)[O-])c(Br)cc2F)c(Cl)c1OC(F)F. The fraction of sp³-hybridized carbons (Fsp3) is 0.182. The first-order chi connectivity index (χ1) is 10.2. The van der Waals surface area contributed by atoms with Crippen LogP contribution in [0.25, 0.3) is 11.3 Å². The molecule has 0 atom stereocenters. The molecule has 0 N–H and O–H groups in total. The fourth-order valence-corrected chi connectivity index (χ4v) is 2.49. The average molecular weight is 401 g/mol. The Morgan fingerprint density at radius 2 is 2.14 bits per heavy atom. The number of nitro benzene ring substituents is 1. The van der Waals surface area contributed by atoms with Gasteiger partial charge in [-0.15, -0.1) is 0 Å². The van der Waals surface area contributed by atoms with Crippen molar-refractivity contribution < 1.29 is 22.8 Å². The van der Waals surface area contributed by atoms with Gasteiger partial charge in [0.05, 0.1) is 9.40 Å². The van der Waals surface area contributed by atoms with E-state index >= 15 is 0 Å². The lowest BCUT2D eigenvalue weighted by atomic mass is 10.1. The Morgan fingerprint density at radius 3 is 2.68 bits per heavy atom. The van der Waals surface area contributed by atoms with Gasteiger partial charge in [-0.2, -0.15) is 13.9 Å². The standard InChI is InChI=1S/C11H6BrClF3N3O3/c1-18-10(22-11(15)16)8(13)9(17-18)4-2-7(19(20)21)5(12)3-6(4)14/h2-3,11H,1H3. The van der Waals surface area contributed by atoms with Gasteiger partial charge in [-0.1, -0.05) is 11.6 Å². The van der Waals surface area contributed by atoms with Crippen molar-refractivity contribution in [3.63, 3.8) is 0 Å². The van der Waals surface area contributed by atoms with Crippen LogP contribution in [0.1, 0.15) is 0 Å². The molecular weight excluding hydrogens is 394 g/mol. The molecule has 6 nitrogen and oxygen atoms in total. The van der Waals surface area contributed by atoms with Crippen LogP contribution in [0.15, 0.2) is 16.6 Å². The summed E-state index contributed by atoms with van der Waals surface area (Å²) in [6.45, 7) is -3.15. The second kappa shape index (κ2) is 6.13. The number of nitrogens with zero attached hydrogens (tertiary/aromatic N) is 3. The topological polar surface area (TPSA) is 70.2 Å². The molecule has 1 aromatic heterocycles. The summed E-state index contributed by atoms with van der Waals surface area (Å²) < 4.78 is 43.6. The monoisotopic (exact) mass is 399 g/mol. The normalized spacial score (nSPS) is 11.0. The Bertz CT molecular complexity index is 754. The molecule has 0 amide bonds. The molecule has 11 heteroatoms. The van der Waals surface area contributed by atoms with Gasteiger partial charge < -0.3 is 4.74 Å². The van der Waals surface area contributed by atoms with Gasteiger partial charge in [-0.05, 0) is 22.0 Å². The van der Waals surface area contributed by atoms with Gasteiger partial charge in [0.1, 0.15) is 16.5 Å². The quantitative estimate of drug-likeness (QED) is 0.571. The number of aromatic nitrogens is 2. The number of nitro groups is 1. The van der Waals surface area contributed by atoms with E-state index in [4.69, 9.17) is 11.6 Å². The molecule has 0 bridgehead atoms. The number of rotatable bonds is 4. The van der Waals surface area contributed by atoms with Crippen LogP contribution >= 0.6 is 27.5 Å². The molecule has 1 aromatic carbocycles. The smallest absolute Gasteiger partial charge is 0.388 e. The van der Waals surface area contributed by atoms with Crippen molar-refractivity contribution in [2.45, 2.75) is 6.61 Å². The minimum atomic E-state index is -3.15. The number of alkyl halides is 2. The minimum absolute atomic E-state index is 0.0742. The summed E-state index contributed by atoms with van der Waals surface area (Å²) in [5.74, 6) is -1.34. The maximum Gasteiger partial charge on any atom is 0.388 e. The number of halogens is 5. The van der Waals surface area contributed by atoms with Crippen molar-refractivity contribution in [2.24, 2.45) is 7.05 Å².